The summed E-state index contributed by atoms with van der Waals surface area (Å²) in [6.07, 6.45) is 2.26. The number of hydrogen-bond donors (Lipinski definition) is 2. The molecular weight excluding hydrogens is 538 g/mol. The van der Waals surface area contributed by atoms with Gasteiger partial charge in [-0.25, -0.2) is 10.9 Å². The third-order valence-electron chi connectivity index (χ3n) is 7.90. The van der Waals surface area contributed by atoms with Crippen LogP contribution in [-0.2, 0) is 24.9 Å². The minimum absolute atomic E-state index is 0.241. The van der Waals surface area contributed by atoms with E-state index in [0.717, 1.165) is 78.4 Å². The average molecular weight is 576 g/mol. The molecule has 4 heterocycles. The standard InChI is InChI=1S/C31H37N5O4S/c1-34-28-11-18-41-30(28)19-29(34)31(37)36(32)27-4-2-3-22(20-35-14-16-38-17-15-35)26(27)21-39-23-5-7-24(8-6-23)40-25-9-12-33-13-10-25/h2-8,11,18-19,25,33H,9-10,12-17,20-21,32H2,1H3. The molecule has 10 heteroatoms. The largest absolute Gasteiger partial charge is 0.490 e. The molecule has 3 N–H and O–H groups in total. The molecule has 2 aliphatic rings. The third kappa shape index (κ3) is 6.27. The molecule has 2 saturated heterocycles. The lowest BCUT2D eigenvalue weighted by molar-refractivity contribution is 0.0340. The molecule has 0 bridgehead atoms. The van der Waals surface area contributed by atoms with Gasteiger partial charge < -0.3 is 24.1 Å². The molecule has 0 aliphatic carbocycles. The van der Waals surface area contributed by atoms with Crippen LogP contribution in [-0.4, -0.2) is 60.9 Å². The van der Waals surface area contributed by atoms with Gasteiger partial charge in [-0.15, -0.1) is 11.3 Å². The number of ether oxygens (including phenoxy) is 3. The second-order valence-electron chi connectivity index (χ2n) is 10.6. The first-order valence-corrected chi connectivity index (χ1v) is 15.1. The SMILES string of the molecule is Cn1c(C(=O)N(N)c2cccc(CN3CCOCC3)c2COc2ccc(OC3CCNCC3)cc2)cc2sccc21. The van der Waals surface area contributed by atoms with E-state index in [1.165, 1.54) is 5.01 Å². The number of nitrogens with two attached hydrogens (primary N) is 1. The number of piperidine rings is 1. The number of carbonyl (C=O) groups is 1. The number of rotatable bonds is 9. The van der Waals surface area contributed by atoms with Crippen LogP contribution in [0.15, 0.2) is 60.0 Å². The minimum Gasteiger partial charge on any atom is -0.490 e. The summed E-state index contributed by atoms with van der Waals surface area (Å²) >= 11 is 1.61. The van der Waals surface area contributed by atoms with Gasteiger partial charge in [-0.3, -0.25) is 9.69 Å². The third-order valence-corrected chi connectivity index (χ3v) is 8.76. The van der Waals surface area contributed by atoms with Gasteiger partial charge in [-0.05, 0) is 79.3 Å². The van der Waals surface area contributed by atoms with Crippen LogP contribution >= 0.6 is 11.3 Å². The van der Waals surface area contributed by atoms with Gasteiger partial charge in [-0.1, -0.05) is 12.1 Å². The van der Waals surface area contributed by atoms with E-state index in [4.69, 9.17) is 20.1 Å². The zero-order valence-electron chi connectivity index (χ0n) is 23.4. The smallest absolute Gasteiger partial charge is 0.289 e. The number of nitrogens with one attached hydrogen (secondary N) is 1. The van der Waals surface area contributed by atoms with Crippen LogP contribution in [0.25, 0.3) is 10.2 Å². The Hall–Kier alpha value is -3.41. The Morgan fingerprint density at radius 3 is 2.61 bits per heavy atom. The van der Waals surface area contributed by atoms with Gasteiger partial charge in [0.15, 0.2) is 0 Å². The summed E-state index contributed by atoms with van der Waals surface area (Å²) in [5.41, 5.74) is 4.16. The van der Waals surface area contributed by atoms with E-state index in [9.17, 15) is 4.79 Å². The molecular formula is C31H37N5O4S. The van der Waals surface area contributed by atoms with Gasteiger partial charge in [0.05, 0.1) is 29.1 Å². The first-order valence-electron chi connectivity index (χ1n) is 14.2. The summed E-state index contributed by atoms with van der Waals surface area (Å²) in [4.78, 5) is 16.0. The molecule has 0 spiro atoms. The fraction of sp³-hybridized carbons (Fsp3) is 0.387. The number of hydrazine groups is 1. The summed E-state index contributed by atoms with van der Waals surface area (Å²) in [5.74, 6) is 7.89. The van der Waals surface area contributed by atoms with Crippen molar-refractivity contribution in [3.63, 3.8) is 0 Å². The predicted octanol–water partition coefficient (Wildman–Crippen LogP) is 4.30. The van der Waals surface area contributed by atoms with Crippen LogP contribution in [0.1, 0.15) is 34.5 Å². The van der Waals surface area contributed by atoms with Gasteiger partial charge in [-0.2, -0.15) is 0 Å². The average Bonchev–Trinajstić information content (AvgIpc) is 3.60. The fourth-order valence-electron chi connectivity index (χ4n) is 5.53. The van der Waals surface area contributed by atoms with E-state index in [0.29, 0.717) is 24.6 Å². The van der Waals surface area contributed by atoms with E-state index in [-0.39, 0.29) is 18.6 Å². The van der Waals surface area contributed by atoms with Crippen LogP contribution in [0.2, 0.25) is 0 Å². The molecule has 9 nitrogen and oxygen atoms in total. The highest BCUT2D eigenvalue weighted by atomic mass is 32.1. The highest BCUT2D eigenvalue weighted by molar-refractivity contribution is 7.17. The molecule has 2 fully saturated rings. The highest BCUT2D eigenvalue weighted by Crippen LogP contribution is 2.30. The van der Waals surface area contributed by atoms with Crippen molar-refractivity contribution in [3.05, 3.63) is 76.8 Å². The van der Waals surface area contributed by atoms with Crippen molar-refractivity contribution >= 4 is 33.1 Å². The van der Waals surface area contributed by atoms with Crippen molar-refractivity contribution in [2.24, 2.45) is 12.9 Å². The maximum Gasteiger partial charge on any atom is 0.289 e. The molecule has 0 saturated carbocycles. The van der Waals surface area contributed by atoms with Crippen LogP contribution in [0.4, 0.5) is 5.69 Å². The molecule has 41 heavy (non-hydrogen) atoms. The minimum atomic E-state index is -0.264. The Bertz CT molecular complexity index is 1470. The second kappa shape index (κ2) is 12.6. The quantitative estimate of drug-likeness (QED) is 0.175. The van der Waals surface area contributed by atoms with E-state index < -0.39 is 0 Å². The van der Waals surface area contributed by atoms with Crippen LogP contribution in [0, 0.1) is 0 Å². The molecule has 2 aromatic carbocycles. The van der Waals surface area contributed by atoms with Crippen molar-refractivity contribution in [3.8, 4) is 11.5 Å². The van der Waals surface area contributed by atoms with E-state index >= 15 is 0 Å². The molecule has 2 aromatic heterocycles. The summed E-state index contributed by atoms with van der Waals surface area (Å²) in [7, 11) is 1.90. The summed E-state index contributed by atoms with van der Waals surface area (Å²) in [6, 6.07) is 17.6. The monoisotopic (exact) mass is 575 g/mol. The highest BCUT2D eigenvalue weighted by Gasteiger charge is 2.24. The van der Waals surface area contributed by atoms with Gasteiger partial charge in [0, 0.05) is 32.2 Å². The molecule has 6 rings (SSSR count). The zero-order valence-corrected chi connectivity index (χ0v) is 24.2. The maximum atomic E-state index is 13.7. The number of amides is 1. The molecule has 2 aliphatic heterocycles. The van der Waals surface area contributed by atoms with E-state index in [1.807, 2.05) is 65.5 Å². The van der Waals surface area contributed by atoms with Crippen LogP contribution in [0.5, 0.6) is 11.5 Å². The van der Waals surface area contributed by atoms with E-state index in [1.54, 1.807) is 11.3 Å². The zero-order chi connectivity index (χ0) is 28.2. The van der Waals surface area contributed by atoms with Crippen molar-refractivity contribution in [2.45, 2.75) is 32.1 Å². The molecule has 0 unspecified atom stereocenters. The molecule has 1 amide bonds. The number of anilines is 1. The predicted molar refractivity (Wildman–Crippen MR) is 162 cm³/mol. The number of carbonyl (C=O) groups excluding carboxylic acids is 1. The Morgan fingerprint density at radius 1 is 1.10 bits per heavy atom. The molecule has 4 aromatic rings. The number of fused-ring (bicyclic) bond motifs is 1. The first kappa shape index (κ1) is 27.7. The number of nitrogens with zero attached hydrogens (tertiary/aromatic N) is 3. The summed E-state index contributed by atoms with van der Waals surface area (Å²) < 4.78 is 20.9. The lowest BCUT2D eigenvalue weighted by Gasteiger charge is -2.29. The lowest BCUT2D eigenvalue weighted by atomic mass is 10.0. The van der Waals surface area contributed by atoms with Gasteiger partial charge in [0.25, 0.3) is 5.91 Å². The van der Waals surface area contributed by atoms with E-state index in [2.05, 4.69) is 16.3 Å². The van der Waals surface area contributed by atoms with Crippen molar-refractivity contribution < 1.29 is 19.0 Å². The van der Waals surface area contributed by atoms with Gasteiger partial charge in [0.1, 0.15) is 29.9 Å². The Labute approximate surface area is 244 Å². The Balaban J connectivity index is 1.23. The van der Waals surface area contributed by atoms with Crippen molar-refractivity contribution in [2.75, 3.05) is 44.4 Å². The number of benzene rings is 2. The molecule has 0 atom stereocenters. The molecule has 216 valence electrons. The molecule has 0 radical (unpaired) electrons. The number of aryl methyl sites for hydroxylation is 1. The maximum absolute atomic E-state index is 13.7. The Morgan fingerprint density at radius 2 is 1.85 bits per heavy atom. The van der Waals surface area contributed by atoms with Gasteiger partial charge in [0.2, 0.25) is 0 Å². The topological polar surface area (TPSA) is 94.2 Å². The number of aromatic nitrogens is 1. The van der Waals surface area contributed by atoms with Crippen molar-refractivity contribution in [1.82, 2.24) is 14.8 Å². The number of hydrogen-bond acceptors (Lipinski definition) is 8. The lowest BCUT2D eigenvalue weighted by Crippen LogP contribution is -2.40. The van der Waals surface area contributed by atoms with Crippen molar-refractivity contribution in [1.29, 1.82) is 0 Å². The summed E-state index contributed by atoms with van der Waals surface area (Å²) in [6.45, 7) is 6.10. The van der Waals surface area contributed by atoms with Crippen LogP contribution < -0.4 is 25.6 Å². The number of thiophene rings is 1. The van der Waals surface area contributed by atoms with Crippen LogP contribution in [0.3, 0.4) is 0 Å². The Kier molecular flexibility index (Phi) is 8.54. The fourth-order valence-corrected chi connectivity index (χ4v) is 6.37. The normalized spacial score (nSPS) is 16.6. The number of morpholine rings is 1. The second-order valence-corrected chi connectivity index (χ2v) is 11.5. The summed E-state index contributed by atoms with van der Waals surface area (Å²) in [5, 5.41) is 6.65. The first-order chi connectivity index (χ1) is 20.1. The van der Waals surface area contributed by atoms with Gasteiger partial charge >= 0.3 is 0 Å².